The zero-order valence-corrected chi connectivity index (χ0v) is 38.4. The summed E-state index contributed by atoms with van der Waals surface area (Å²) in [6.07, 6.45) is 7.97. The summed E-state index contributed by atoms with van der Waals surface area (Å²) in [6, 6.07) is 0. The van der Waals surface area contributed by atoms with E-state index in [9.17, 15) is 28.5 Å². The molecule has 0 radical (unpaired) electrons. The summed E-state index contributed by atoms with van der Waals surface area (Å²) in [6.45, 7) is 17.3. The fraction of sp³-hybridized carbons (Fsp3) is 0.707. The molecule has 0 aromatic carbocycles. The first-order valence-corrected chi connectivity index (χ1v) is 22.8. The van der Waals surface area contributed by atoms with Crippen LogP contribution in [0.5, 0.6) is 0 Å². The fourth-order valence-corrected chi connectivity index (χ4v) is 8.82. The number of anilines is 1. The summed E-state index contributed by atoms with van der Waals surface area (Å²) >= 11 is 0. The first-order valence-electron chi connectivity index (χ1n) is 20.9. The number of ether oxygens (including phenoxy) is 6. The lowest BCUT2D eigenvalue weighted by atomic mass is 10.1. The van der Waals surface area contributed by atoms with E-state index in [-0.39, 0.29) is 56.3 Å². The highest BCUT2D eigenvalue weighted by molar-refractivity contribution is 7.59. The van der Waals surface area contributed by atoms with Gasteiger partial charge in [-0.25, -0.2) is 29.9 Å². The van der Waals surface area contributed by atoms with E-state index in [0.29, 0.717) is 24.1 Å². The molecule has 3 heterocycles. The van der Waals surface area contributed by atoms with Gasteiger partial charge in [0.1, 0.15) is 41.7 Å². The van der Waals surface area contributed by atoms with Crippen molar-refractivity contribution in [1.29, 1.82) is 0 Å². The second-order valence-corrected chi connectivity index (χ2v) is 19.2. The number of imidazole rings is 1. The van der Waals surface area contributed by atoms with Gasteiger partial charge in [0.15, 0.2) is 17.0 Å². The number of carbonyl (C=O) groups is 5. The lowest BCUT2D eigenvalue weighted by Gasteiger charge is -2.35. The van der Waals surface area contributed by atoms with Gasteiger partial charge in [0, 0.05) is 0 Å². The van der Waals surface area contributed by atoms with E-state index in [1.54, 1.807) is 46.1 Å². The number of amides is 1. The van der Waals surface area contributed by atoms with E-state index in [1.165, 1.54) is 26.5 Å². The van der Waals surface area contributed by atoms with Crippen LogP contribution in [0.15, 0.2) is 24.0 Å². The highest BCUT2D eigenvalue weighted by atomic mass is 31.2. The largest absolute Gasteiger partial charge is 0.464 e. The summed E-state index contributed by atoms with van der Waals surface area (Å²) < 4.78 is 49.4. The molecule has 2 aromatic heterocycles. The smallest absolute Gasteiger partial charge is 0.413 e. The number of rotatable bonds is 27. The number of fused-ring (bicyclic) bond motifs is 1. The van der Waals surface area contributed by atoms with Crippen LogP contribution in [0.25, 0.3) is 11.2 Å². The van der Waals surface area contributed by atoms with Crippen LogP contribution in [-0.2, 0) is 58.7 Å². The quantitative estimate of drug-likeness (QED) is 0.0360. The SMILES string of the molecule is CCCCCCOC(=O)C(C)(C)NP(=O)(CO[C@H](C)Cn1cnc2c(NC(=O)OC(C)(C)CC(=O)OCC3=C(C)CC(=O)O3)ncnc21)NC(C)(C)C(=O)OCCCCCC. The summed E-state index contributed by atoms with van der Waals surface area (Å²) in [5, 5.41) is 8.42. The Labute approximate surface area is 358 Å². The maximum Gasteiger partial charge on any atom is 0.413 e. The molecular weight excluding hydrogens is 813 g/mol. The van der Waals surface area contributed by atoms with Crippen LogP contribution >= 0.6 is 7.44 Å². The molecule has 0 unspecified atom stereocenters. The number of aromatic nitrogens is 4. The number of hydrogen-bond donors (Lipinski definition) is 3. The Kier molecular flexibility index (Phi) is 19.3. The summed E-state index contributed by atoms with van der Waals surface area (Å²) in [5.74, 6) is -1.95. The highest BCUT2D eigenvalue weighted by Crippen LogP contribution is 2.42. The summed E-state index contributed by atoms with van der Waals surface area (Å²) in [5.41, 5.74) is -2.88. The number of nitrogens with zero attached hydrogens (tertiary/aromatic N) is 4. The molecule has 0 spiro atoms. The number of unbranched alkanes of at least 4 members (excludes halogenated alkanes) is 6. The molecule has 0 bridgehead atoms. The summed E-state index contributed by atoms with van der Waals surface area (Å²) in [4.78, 5) is 76.2. The average molecular weight is 880 g/mol. The molecule has 0 fully saturated rings. The molecule has 3 rings (SSSR count). The lowest BCUT2D eigenvalue weighted by molar-refractivity contribution is -0.150. The highest BCUT2D eigenvalue weighted by Gasteiger charge is 2.43. The maximum atomic E-state index is 14.7. The van der Waals surface area contributed by atoms with Crippen LogP contribution in [0, 0.1) is 0 Å². The predicted octanol–water partition coefficient (Wildman–Crippen LogP) is 6.85. The molecule has 20 heteroatoms. The van der Waals surface area contributed by atoms with Crippen LogP contribution in [0.2, 0.25) is 0 Å². The van der Waals surface area contributed by atoms with E-state index in [1.807, 2.05) is 0 Å². The van der Waals surface area contributed by atoms with Crippen LogP contribution < -0.4 is 15.5 Å². The number of hydrogen-bond acceptors (Lipinski definition) is 15. The fourth-order valence-electron chi connectivity index (χ4n) is 6.18. The van der Waals surface area contributed by atoms with Crippen LogP contribution in [0.4, 0.5) is 10.6 Å². The first-order chi connectivity index (χ1) is 28.6. The van der Waals surface area contributed by atoms with Crippen LogP contribution in [-0.4, -0.2) is 98.4 Å². The monoisotopic (exact) mass is 879 g/mol. The second kappa shape index (κ2) is 23.1. The van der Waals surface area contributed by atoms with E-state index >= 15 is 0 Å². The van der Waals surface area contributed by atoms with Gasteiger partial charge in [0.2, 0.25) is 7.44 Å². The predicted molar refractivity (Wildman–Crippen MR) is 226 cm³/mol. The van der Waals surface area contributed by atoms with Crippen molar-refractivity contribution in [2.24, 2.45) is 0 Å². The lowest BCUT2D eigenvalue weighted by Crippen LogP contribution is -2.54. The molecule has 0 saturated carbocycles. The van der Waals surface area contributed by atoms with E-state index in [0.717, 1.165) is 38.5 Å². The van der Waals surface area contributed by atoms with Crippen molar-refractivity contribution in [3.63, 3.8) is 0 Å². The third-order valence-electron chi connectivity index (χ3n) is 9.45. The molecule has 3 N–H and O–H groups in total. The van der Waals surface area contributed by atoms with Gasteiger partial charge in [-0.3, -0.25) is 29.1 Å². The third kappa shape index (κ3) is 16.7. The molecule has 1 aliphatic rings. The molecule has 2 aromatic rings. The van der Waals surface area contributed by atoms with Crippen molar-refractivity contribution in [1.82, 2.24) is 29.7 Å². The zero-order valence-electron chi connectivity index (χ0n) is 37.5. The molecule has 1 amide bonds. The normalized spacial score (nSPS) is 14.2. The number of carbonyl (C=O) groups excluding carboxylic acids is 5. The standard InChI is InChI=1S/C41H66N7O12P/c1-11-13-15-17-19-55-36(51)40(7,8)46-61(54,47-41(9,10)37(52)56-20-18-16-14-12-2)27-58-29(4)23-48-26-44-33-34(42-25-43-35(33)48)45-38(53)60-39(5,6)22-32(50)57-24-30-28(3)21-31(49)59-30/h25-26,29H,11-24,27H2,1-10H3,(H2,46,47,54)(H,42,43,45,53)/t29-/m1/s1. The number of esters is 4. The molecule has 0 aliphatic carbocycles. The molecular formula is C41H66N7O12P. The van der Waals surface area contributed by atoms with Gasteiger partial charge in [0.25, 0.3) is 0 Å². The molecule has 1 aliphatic heterocycles. The summed E-state index contributed by atoms with van der Waals surface area (Å²) in [7, 11) is -3.91. The van der Waals surface area contributed by atoms with E-state index in [4.69, 9.17) is 28.4 Å². The van der Waals surface area contributed by atoms with Crippen molar-refractivity contribution in [2.75, 3.05) is 31.5 Å². The van der Waals surface area contributed by atoms with Gasteiger partial charge >= 0.3 is 30.0 Å². The number of nitrogens with one attached hydrogen (secondary N) is 3. The van der Waals surface area contributed by atoms with Gasteiger partial charge < -0.3 is 33.0 Å². The minimum Gasteiger partial charge on any atom is -0.464 e. The zero-order chi connectivity index (χ0) is 45.4. The van der Waals surface area contributed by atoms with Gasteiger partial charge in [0.05, 0.1) is 45.0 Å². The van der Waals surface area contributed by atoms with Crippen molar-refractivity contribution in [3.8, 4) is 0 Å². The van der Waals surface area contributed by atoms with Gasteiger partial charge in [-0.05, 0) is 73.8 Å². The van der Waals surface area contributed by atoms with Crippen molar-refractivity contribution < 1.29 is 57.0 Å². The third-order valence-corrected chi connectivity index (χ3v) is 11.8. The average Bonchev–Trinajstić information content (AvgIpc) is 3.72. The Morgan fingerprint density at radius 3 is 2.00 bits per heavy atom. The Morgan fingerprint density at radius 1 is 0.869 bits per heavy atom. The first kappa shape index (κ1) is 50.9. The molecule has 0 saturated heterocycles. The number of cyclic esters (lactones) is 1. The van der Waals surface area contributed by atoms with Gasteiger partial charge in [-0.2, -0.15) is 0 Å². The Bertz CT molecular complexity index is 1870. The molecule has 61 heavy (non-hydrogen) atoms. The van der Waals surface area contributed by atoms with E-state index in [2.05, 4.69) is 44.3 Å². The topological polar surface area (TPSA) is 237 Å². The van der Waals surface area contributed by atoms with Crippen molar-refractivity contribution in [2.45, 2.75) is 163 Å². The Hall–Kier alpha value is -4.45. The second-order valence-electron chi connectivity index (χ2n) is 17.0. The molecule has 19 nitrogen and oxygen atoms in total. The van der Waals surface area contributed by atoms with Gasteiger partial charge in [-0.1, -0.05) is 52.4 Å². The van der Waals surface area contributed by atoms with Crippen LogP contribution in [0.3, 0.4) is 0 Å². The molecule has 1 atom stereocenters. The van der Waals surface area contributed by atoms with Gasteiger partial charge in [-0.15, -0.1) is 0 Å². The molecule has 342 valence electrons. The van der Waals surface area contributed by atoms with Crippen LogP contribution in [0.1, 0.15) is 133 Å². The Morgan fingerprint density at radius 2 is 1.46 bits per heavy atom. The van der Waals surface area contributed by atoms with E-state index < -0.39 is 66.5 Å². The van der Waals surface area contributed by atoms with Crippen molar-refractivity contribution >= 4 is 54.4 Å². The van der Waals surface area contributed by atoms with Crippen molar-refractivity contribution in [3.05, 3.63) is 24.0 Å². The minimum absolute atomic E-state index is 0.0445. The Balaban J connectivity index is 1.67. The minimum atomic E-state index is -3.91. The maximum absolute atomic E-state index is 14.7.